The van der Waals surface area contributed by atoms with Crippen molar-refractivity contribution in [3.05, 3.63) is 48.2 Å². The van der Waals surface area contributed by atoms with E-state index in [1.807, 2.05) is 6.07 Å². The van der Waals surface area contributed by atoms with E-state index in [-0.39, 0.29) is 40.2 Å². The highest BCUT2D eigenvalue weighted by Gasteiger charge is 2.45. The molecular weight excluding hydrogens is 650 g/mol. The SMILES string of the molecule is CC1(N2CCC3(CC2)COC3)CCC(Nc2cccc3c2cc(C#CCNc2ccc(S(N)(=O)=O)cc2OCF)n3CC(F)(F)F)CC1. The van der Waals surface area contributed by atoms with Gasteiger partial charge in [0.2, 0.25) is 16.9 Å². The molecule has 0 unspecified atom stereocenters. The number of sulfonamides is 1. The van der Waals surface area contributed by atoms with Crippen LogP contribution in [0.25, 0.3) is 10.9 Å². The molecule has 0 amide bonds. The van der Waals surface area contributed by atoms with Crippen molar-refractivity contribution in [3.8, 4) is 17.6 Å². The van der Waals surface area contributed by atoms with Gasteiger partial charge in [-0.2, -0.15) is 13.2 Å². The smallest absolute Gasteiger partial charge is 0.406 e. The number of piperidine rings is 1. The van der Waals surface area contributed by atoms with Crippen LogP contribution in [-0.4, -0.2) is 75.4 Å². The van der Waals surface area contributed by atoms with Gasteiger partial charge in [-0.05, 0) is 94.8 Å². The van der Waals surface area contributed by atoms with Crippen molar-refractivity contribution in [2.75, 3.05) is 50.3 Å². The molecular formula is C34H41F4N5O4S. The first-order valence-corrected chi connectivity index (χ1v) is 17.7. The third kappa shape index (κ3) is 7.54. The van der Waals surface area contributed by atoms with Crippen LogP contribution < -0.4 is 20.5 Å². The van der Waals surface area contributed by atoms with Crippen molar-refractivity contribution < 1.29 is 35.5 Å². The summed E-state index contributed by atoms with van der Waals surface area (Å²) >= 11 is 0. The van der Waals surface area contributed by atoms with E-state index in [2.05, 4.69) is 34.3 Å². The molecule has 3 aromatic rings. The average molecular weight is 692 g/mol. The quantitative estimate of drug-likeness (QED) is 0.191. The van der Waals surface area contributed by atoms with Gasteiger partial charge >= 0.3 is 6.18 Å². The van der Waals surface area contributed by atoms with Crippen LogP contribution in [0.5, 0.6) is 5.75 Å². The molecule has 1 spiro atoms. The van der Waals surface area contributed by atoms with E-state index >= 15 is 0 Å². The third-order valence-corrected chi connectivity index (χ3v) is 11.1. The first kappa shape index (κ1) is 34.4. The fourth-order valence-corrected chi connectivity index (χ4v) is 7.79. The molecule has 3 heterocycles. The number of primary sulfonamides is 1. The first-order valence-electron chi connectivity index (χ1n) is 16.1. The Morgan fingerprint density at radius 2 is 1.79 bits per heavy atom. The molecule has 1 saturated carbocycles. The van der Waals surface area contributed by atoms with Crippen molar-refractivity contribution in [3.63, 3.8) is 0 Å². The lowest BCUT2D eigenvalue weighted by molar-refractivity contribution is -0.149. The van der Waals surface area contributed by atoms with E-state index in [9.17, 15) is 26.0 Å². The second-order valence-electron chi connectivity index (χ2n) is 13.5. The van der Waals surface area contributed by atoms with E-state index < -0.39 is 29.6 Å². The van der Waals surface area contributed by atoms with Crippen LogP contribution in [0.4, 0.5) is 28.9 Å². The number of fused-ring (bicyclic) bond motifs is 1. The summed E-state index contributed by atoms with van der Waals surface area (Å²) in [6.45, 7) is 3.89. The lowest BCUT2D eigenvalue weighted by atomic mass is 9.73. The highest BCUT2D eigenvalue weighted by molar-refractivity contribution is 7.89. The van der Waals surface area contributed by atoms with Gasteiger partial charge in [0, 0.05) is 34.1 Å². The predicted octanol–water partition coefficient (Wildman–Crippen LogP) is 5.85. The predicted molar refractivity (Wildman–Crippen MR) is 176 cm³/mol. The molecule has 260 valence electrons. The molecule has 2 saturated heterocycles. The van der Waals surface area contributed by atoms with Crippen molar-refractivity contribution in [1.82, 2.24) is 9.47 Å². The summed E-state index contributed by atoms with van der Waals surface area (Å²) in [5, 5.41) is 12.3. The monoisotopic (exact) mass is 691 g/mol. The van der Waals surface area contributed by atoms with Gasteiger partial charge in [0.25, 0.3) is 0 Å². The molecule has 0 bridgehead atoms. The normalized spacial score (nSPS) is 22.9. The average Bonchev–Trinajstić information content (AvgIpc) is 3.36. The Balaban J connectivity index is 1.16. The molecule has 6 rings (SSSR count). The van der Waals surface area contributed by atoms with Crippen molar-refractivity contribution in [1.29, 1.82) is 0 Å². The summed E-state index contributed by atoms with van der Waals surface area (Å²) in [5.74, 6) is 5.59. The molecule has 0 atom stereocenters. The maximum Gasteiger partial charge on any atom is 0.406 e. The Morgan fingerprint density at radius 3 is 2.42 bits per heavy atom. The largest absolute Gasteiger partial charge is 0.461 e. The first-order chi connectivity index (χ1) is 22.8. The van der Waals surface area contributed by atoms with Gasteiger partial charge in [-0.25, -0.2) is 17.9 Å². The number of nitrogens with zero attached hydrogens (tertiary/aromatic N) is 2. The van der Waals surface area contributed by atoms with E-state index in [1.165, 1.54) is 29.5 Å². The Bertz CT molecular complexity index is 1800. The van der Waals surface area contributed by atoms with Gasteiger partial charge in [-0.15, -0.1) is 0 Å². The number of benzene rings is 2. The molecule has 1 aromatic heterocycles. The molecule has 3 fully saturated rings. The summed E-state index contributed by atoms with van der Waals surface area (Å²) in [4.78, 5) is 2.39. The maximum absolute atomic E-state index is 13.7. The standard InChI is InChI=1S/C34H41F4N5O4S/c1-32(42-16-13-33(14-17-42)21-46-22-33)11-9-24(10-12-32)41-28-5-2-6-30-27(28)18-25(43(30)20-34(36,37)38)4-3-15-40-29-8-7-26(48(39,44)45)19-31(29)47-23-35/h2,5-8,18-19,24,40-41H,9-17,20-23H2,1H3,(H2,39,44,45). The number of ether oxygens (including phenoxy) is 2. The number of anilines is 2. The molecule has 1 aliphatic carbocycles. The number of hydrogen-bond donors (Lipinski definition) is 3. The van der Waals surface area contributed by atoms with Crippen molar-refractivity contribution in [2.45, 2.75) is 74.6 Å². The third-order valence-electron chi connectivity index (χ3n) is 10.2. The second kappa shape index (κ2) is 13.4. The molecule has 3 aliphatic rings. The molecule has 9 nitrogen and oxygen atoms in total. The fourth-order valence-electron chi connectivity index (χ4n) is 7.26. The van der Waals surface area contributed by atoms with Gasteiger partial charge < -0.3 is 24.7 Å². The Hall–Kier alpha value is -3.51. The lowest BCUT2D eigenvalue weighted by Gasteiger charge is -2.53. The number of nitrogens with one attached hydrogen (secondary N) is 2. The van der Waals surface area contributed by atoms with Crippen LogP contribution in [-0.2, 0) is 21.3 Å². The fraction of sp³-hybridized carbons (Fsp3) is 0.529. The maximum atomic E-state index is 13.7. The van der Waals surface area contributed by atoms with E-state index in [0.717, 1.165) is 63.7 Å². The lowest BCUT2D eigenvalue weighted by Crippen LogP contribution is -2.58. The minimum absolute atomic E-state index is 0.0390. The van der Waals surface area contributed by atoms with Gasteiger partial charge in [0.05, 0.1) is 41.6 Å². The van der Waals surface area contributed by atoms with Gasteiger partial charge in [0.15, 0.2) is 0 Å². The van der Waals surface area contributed by atoms with Crippen molar-refractivity contribution in [2.24, 2.45) is 10.6 Å². The molecule has 14 heteroatoms. The number of nitrogens with two attached hydrogens (primary N) is 1. The Morgan fingerprint density at radius 1 is 1.06 bits per heavy atom. The zero-order chi connectivity index (χ0) is 34.2. The van der Waals surface area contributed by atoms with Crippen LogP contribution in [0.1, 0.15) is 51.1 Å². The number of aromatic nitrogens is 1. The summed E-state index contributed by atoms with van der Waals surface area (Å²) in [7, 11) is -4.04. The van der Waals surface area contributed by atoms with Crippen LogP contribution in [0.3, 0.4) is 0 Å². The minimum Gasteiger partial charge on any atom is -0.461 e. The number of hydrogen-bond acceptors (Lipinski definition) is 7. The topological polar surface area (TPSA) is 111 Å². The molecule has 0 radical (unpaired) electrons. The summed E-state index contributed by atoms with van der Waals surface area (Å²) < 4.78 is 89.0. The Kier molecular flexibility index (Phi) is 9.61. The molecule has 2 aliphatic heterocycles. The summed E-state index contributed by atoms with van der Waals surface area (Å²) in [6, 6.07) is 10.9. The van der Waals surface area contributed by atoms with Crippen molar-refractivity contribution >= 4 is 32.3 Å². The Labute approximate surface area is 278 Å². The van der Waals surface area contributed by atoms with Gasteiger partial charge in [-0.1, -0.05) is 12.0 Å². The number of rotatable bonds is 9. The van der Waals surface area contributed by atoms with Crippen LogP contribution >= 0.6 is 0 Å². The zero-order valence-corrected chi connectivity index (χ0v) is 27.7. The zero-order valence-electron chi connectivity index (χ0n) is 26.8. The van der Waals surface area contributed by atoms with E-state index in [1.54, 1.807) is 18.2 Å². The number of halogens is 4. The van der Waals surface area contributed by atoms with Crippen LogP contribution in [0.15, 0.2) is 47.4 Å². The molecule has 48 heavy (non-hydrogen) atoms. The van der Waals surface area contributed by atoms with Crippen LogP contribution in [0.2, 0.25) is 0 Å². The molecule has 2 aromatic carbocycles. The van der Waals surface area contributed by atoms with E-state index in [0.29, 0.717) is 16.3 Å². The highest BCUT2D eigenvalue weighted by Crippen LogP contribution is 2.43. The summed E-state index contributed by atoms with van der Waals surface area (Å²) in [6.07, 6.45) is 1.92. The van der Waals surface area contributed by atoms with Gasteiger partial charge in [0.1, 0.15) is 12.3 Å². The minimum atomic E-state index is -4.47. The van der Waals surface area contributed by atoms with Crippen LogP contribution in [0, 0.1) is 17.3 Å². The van der Waals surface area contributed by atoms with E-state index in [4.69, 9.17) is 14.6 Å². The number of likely N-dealkylation sites (tertiary alicyclic amines) is 1. The highest BCUT2D eigenvalue weighted by atomic mass is 32.2. The second-order valence-corrected chi connectivity index (χ2v) is 15.0. The number of alkyl halides is 4. The molecule has 4 N–H and O–H groups in total. The van der Waals surface area contributed by atoms with Gasteiger partial charge in [-0.3, -0.25) is 4.90 Å². The summed E-state index contributed by atoms with van der Waals surface area (Å²) in [5.41, 5.74) is 2.18.